The van der Waals surface area contributed by atoms with E-state index in [2.05, 4.69) is 5.32 Å². The third-order valence-electron chi connectivity index (χ3n) is 3.12. The Labute approximate surface area is 115 Å². The van der Waals surface area contributed by atoms with Gasteiger partial charge in [-0.15, -0.1) is 0 Å². The lowest BCUT2D eigenvalue weighted by Crippen LogP contribution is -2.37. The molecule has 2 N–H and O–H groups in total. The summed E-state index contributed by atoms with van der Waals surface area (Å²) in [6, 6.07) is 5.39. The third-order valence-corrected chi connectivity index (χ3v) is 4.56. The lowest BCUT2D eigenvalue weighted by Gasteiger charge is -2.22. The van der Waals surface area contributed by atoms with Crippen LogP contribution in [0.2, 0.25) is 0 Å². The molecule has 1 heterocycles. The van der Waals surface area contributed by atoms with Gasteiger partial charge in [0.2, 0.25) is 9.84 Å². The molecule has 1 aliphatic rings. The first-order valence-corrected chi connectivity index (χ1v) is 7.55. The van der Waals surface area contributed by atoms with Crippen LogP contribution in [0, 0.1) is 0 Å². The van der Waals surface area contributed by atoms with E-state index < -0.39 is 26.1 Å². The highest BCUT2D eigenvalue weighted by Gasteiger charge is 2.33. The maximum Gasteiger partial charge on any atom is 0.341 e. The van der Waals surface area contributed by atoms with E-state index in [1.165, 1.54) is 18.2 Å². The van der Waals surface area contributed by atoms with Gasteiger partial charge in [0.25, 0.3) is 0 Å². The molecule has 1 aromatic rings. The summed E-state index contributed by atoms with van der Waals surface area (Å²) in [5.41, 5.74) is -1.06. The molecule has 1 unspecified atom stereocenters. The molecule has 112 valence electrons. The largest absolute Gasteiger partial charge is 0.386 e. The Kier molecular flexibility index (Phi) is 4.26. The standard InChI is InChI=1S/C12H15F2NO4S/c13-11(14)20(17,18)10-4-2-1-3-9(10)15-7-12(16)5-6-19-8-12/h1-4,11,15-16H,5-8H2. The number of rotatable bonds is 5. The van der Waals surface area contributed by atoms with Gasteiger partial charge in [0.1, 0.15) is 5.60 Å². The van der Waals surface area contributed by atoms with Gasteiger partial charge in [0, 0.05) is 19.6 Å². The summed E-state index contributed by atoms with van der Waals surface area (Å²) >= 11 is 0. The molecule has 8 heteroatoms. The Hall–Kier alpha value is -1.25. The SMILES string of the molecule is O=S(=O)(c1ccccc1NCC1(O)CCOC1)C(F)F. The van der Waals surface area contributed by atoms with Crippen LogP contribution in [-0.4, -0.2) is 44.6 Å². The van der Waals surface area contributed by atoms with Gasteiger partial charge in [-0.05, 0) is 12.1 Å². The molecular weight excluding hydrogens is 292 g/mol. The number of benzene rings is 1. The van der Waals surface area contributed by atoms with E-state index in [-0.39, 0.29) is 18.8 Å². The molecule has 20 heavy (non-hydrogen) atoms. The quantitative estimate of drug-likeness (QED) is 0.856. The first-order valence-electron chi connectivity index (χ1n) is 6.00. The first kappa shape index (κ1) is 15.1. The molecule has 5 nitrogen and oxygen atoms in total. The zero-order valence-electron chi connectivity index (χ0n) is 10.6. The predicted molar refractivity (Wildman–Crippen MR) is 68.5 cm³/mol. The molecule has 0 radical (unpaired) electrons. The van der Waals surface area contributed by atoms with Crippen LogP contribution in [0.4, 0.5) is 14.5 Å². The van der Waals surface area contributed by atoms with Crippen LogP contribution in [-0.2, 0) is 14.6 Å². The fourth-order valence-electron chi connectivity index (χ4n) is 1.95. The van der Waals surface area contributed by atoms with E-state index in [0.29, 0.717) is 13.0 Å². The van der Waals surface area contributed by atoms with Crippen molar-refractivity contribution >= 4 is 15.5 Å². The van der Waals surface area contributed by atoms with Crippen molar-refractivity contribution in [2.24, 2.45) is 0 Å². The molecule has 1 aromatic carbocycles. The second kappa shape index (κ2) is 5.63. The highest BCUT2D eigenvalue weighted by Crippen LogP contribution is 2.27. The van der Waals surface area contributed by atoms with Crippen molar-refractivity contribution in [3.05, 3.63) is 24.3 Å². The number of nitrogens with one attached hydrogen (secondary N) is 1. The summed E-state index contributed by atoms with van der Waals surface area (Å²) in [7, 11) is -4.68. The van der Waals surface area contributed by atoms with Crippen LogP contribution in [0.15, 0.2) is 29.2 Å². The lowest BCUT2D eigenvalue weighted by atomic mass is 10.0. The highest BCUT2D eigenvalue weighted by atomic mass is 32.2. The molecule has 0 aliphatic carbocycles. The van der Waals surface area contributed by atoms with Crippen LogP contribution in [0.1, 0.15) is 6.42 Å². The normalized spacial score (nSPS) is 23.2. The Balaban J connectivity index is 2.21. The number of anilines is 1. The topological polar surface area (TPSA) is 75.6 Å². The second-order valence-corrected chi connectivity index (χ2v) is 6.57. The average molecular weight is 307 g/mol. The summed E-state index contributed by atoms with van der Waals surface area (Å²) in [6.45, 7) is 0.571. The number of para-hydroxylation sites is 1. The average Bonchev–Trinajstić information content (AvgIpc) is 2.84. The van der Waals surface area contributed by atoms with E-state index >= 15 is 0 Å². The summed E-state index contributed by atoms with van der Waals surface area (Å²) < 4.78 is 53.4. The van der Waals surface area contributed by atoms with Crippen LogP contribution in [0.25, 0.3) is 0 Å². The molecule has 2 rings (SSSR count). The molecule has 0 saturated carbocycles. The van der Waals surface area contributed by atoms with E-state index in [9.17, 15) is 22.3 Å². The van der Waals surface area contributed by atoms with Crippen LogP contribution < -0.4 is 5.32 Å². The molecule has 0 aromatic heterocycles. The van der Waals surface area contributed by atoms with E-state index in [1.54, 1.807) is 0 Å². The summed E-state index contributed by atoms with van der Waals surface area (Å²) in [4.78, 5) is -0.475. The van der Waals surface area contributed by atoms with E-state index in [0.717, 1.165) is 6.07 Å². The smallest absolute Gasteiger partial charge is 0.341 e. The van der Waals surface area contributed by atoms with Crippen molar-refractivity contribution in [2.75, 3.05) is 25.1 Å². The van der Waals surface area contributed by atoms with Crippen molar-refractivity contribution < 1.29 is 27.0 Å². The molecule has 0 spiro atoms. The molecule has 1 saturated heterocycles. The lowest BCUT2D eigenvalue weighted by molar-refractivity contribution is 0.0381. The van der Waals surface area contributed by atoms with Gasteiger partial charge in [-0.2, -0.15) is 8.78 Å². The van der Waals surface area contributed by atoms with Crippen LogP contribution in [0.3, 0.4) is 0 Å². The fourth-order valence-corrected chi connectivity index (χ4v) is 2.86. The van der Waals surface area contributed by atoms with Gasteiger partial charge in [0.05, 0.1) is 17.2 Å². The summed E-state index contributed by atoms with van der Waals surface area (Å²) in [5.74, 6) is -3.48. The number of hydrogen-bond donors (Lipinski definition) is 2. The summed E-state index contributed by atoms with van der Waals surface area (Å²) in [5, 5.41) is 12.8. The minimum absolute atomic E-state index is 0.0305. The molecule has 0 bridgehead atoms. The highest BCUT2D eigenvalue weighted by molar-refractivity contribution is 7.91. The number of alkyl halides is 2. The van der Waals surface area contributed by atoms with Crippen molar-refractivity contribution in [2.45, 2.75) is 22.7 Å². The number of halogens is 2. The molecule has 0 amide bonds. The Morgan fingerprint density at radius 2 is 2.10 bits per heavy atom. The van der Waals surface area contributed by atoms with Crippen molar-refractivity contribution in [3.8, 4) is 0 Å². The van der Waals surface area contributed by atoms with Crippen molar-refractivity contribution in [3.63, 3.8) is 0 Å². The van der Waals surface area contributed by atoms with E-state index in [1.807, 2.05) is 0 Å². The number of sulfone groups is 1. The van der Waals surface area contributed by atoms with Gasteiger partial charge in [-0.1, -0.05) is 12.1 Å². The minimum Gasteiger partial charge on any atom is -0.386 e. The summed E-state index contributed by atoms with van der Waals surface area (Å²) in [6.07, 6.45) is 0.407. The number of ether oxygens (including phenoxy) is 1. The Morgan fingerprint density at radius 3 is 2.70 bits per heavy atom. The van der Waals surface area contributed by atoms with E-state index in [4.69, 9.17) is 4.74 Å². The van der Waals surface area contributed by atoms with Gasteiger partial charge in [-0.25, -0.2) is 8.42 Å². The molecular formula is C12H15F2NO4S. The Morgan fingerprint density at radius 1 is 1.40 bits per heavy atom. The molecule has 1 fully saturated rings. The number of hydrogen-bond acceptors (Lipinski definition) is 5. The molecule has 1 aliphatic heterocycles. The zero-order chi connectivity index (χ0) is 14.8. The first-order chi connectivity index (χ1) is 9.35. The monoisotopic (exact) mass is 307 g/mol. The van der Waals surface area contributed by atoms with Gasteiger partial charge >= 0.3 is 5.76 Å². The van der Waals surface area contributed by atoms with Crippen LogP contribution in [0.5, 0.6) is 0 Å². The maximum absolute atomic E-state index is 12.6. The third kappa shape index (κ3) is 3.08. The second-order valence-electron chi connectivity index (χ2n) is 4.68. The van der Waals surface area contributed by atoms with Gasteiger partial charge < -0.3 is 15.2 Å². The number of aliphatic hydroxyl groups is 1. The van der Waals surface area contributed by atoms with Crippen LogP contribution >= 0.6 is 0 Å². The molecule has 1 atom stereocenters. The van der Waals surface area contributed by atoms with Crippen molar-refractivity contribution in [1.29, 1.82) is 0 Å². The van der Waals surface area contributed by atoms with Gasteiger partial charge in [0.15, 0.2) is 0 Å². The van der Waals surface area contributed by atoms with Gasteiger partial charge in [-0.3, -0.25) is 0 Å². The minimum atomic E-state index is -4.68. The Bertz CT molecular complexity index is 571. The fraction of sp³-hybridized carbons (Fsp3) is 0.500. The zero-order valence-corrected chi connectivity index (χ0v) is 11.4. The maximum atomic E-state index is 12.6. The van der Waals surface area contributed by atoms with Crippen molar-refractivity contribution in [1.82, 2.24) is 0 Å². The predicted octanol–water partition coefficient (Wildman–Crippen LogP) is 1.25.